The lowest BCUT2D eigenvalue weighted by molar-refractivity contribution is -0.189. The molecular weight excluding hydrogens is 428 g/mol. The van der Waals surface area contributed by atoms with Crippen molar-refractivity contribution in [2.75, 3.05) is 7.11 Å². The number of aliphatic hydroxyl groups is 3. The van der Waals surface area contributed by atoms with E-state index in [2.05, 4.69) is 40.7 Å². The van der Waals surface area contributed by atoms with Crippen molar-refractivity contribution in [3.8, 4) is 0 Å². The normalized spacial score (nSPS) is 51.4. The molecule has 0 aliphatic heterocycles. The number of carbonyl (C=O) groups is 1. The van der Waals surface area contributed by atoms with E-state index in [1.165, 1.54) is 51.4 Å². The van der Waals surface area contributed by atoms with Crippen LogP contribution in [0.5, 0.6) is 0 Å². The molecule has 5 nitrogen and oxygen atoms in total. The number of carboxylic acid groups (broad SMARTS) is 1. The molecular formula is C29H50O5. The number of hydrogen-bond donors (Lipinski definition) is 4. The quantitative estimate of drug-likeness (QED) is 0.281. The minimum Gasteiger partial charge on any atom is -0.483 e. The number of rotatable bonds is 0. The van der Waals surface area contributed by atoms with Crippen LogP contribution in [-0.4, -0.2) is 46.2 Å². The van der Waals surface area contributed by atoms with E-state index in [1.54, 1.807) is 0 Å². The molecule has 0 amide bonds. The number of fused-ring (bicyclic) bond motifs is 7. The monoisotopic (exact) mass is 478 g/mol. The minimum atomic E-state index is -0.549. The Balaban J connectivity index is 0.000000603. The largest absolute Gasteiger partial charge is 0.483 e. The fourth-order valence-electron chi connectivity index (χ4n) is 10.2. The van der Waals surface area contributed by atoms with Crippen molar-refractivity contribution in [2.24, 2.45) is 51.8 Å². The molecule has 5 aliphatic rings. The van der Waals surface area contributed by atoms with Gasteiger partial charge in [0.05, 0.1) is 12.2 Å². The first-order chi connectivity index (χ1) is 16.0. The summed E-state index contributed by atoms with van der Waals surface area (Å²) in [5.74, 6) is 3.80. The second-order valence-corrected chi connectivity index (χ2v) is 13.0. The molecule has 0 spiro atoms. The molecule has 0 aromatic heterocycles. The van der Waals surface area contributed by atoms with E-state index in [0.29, 0.717) is 22.7 Å². The maximum Gasteiger partial charge on any atom is 0.290 e. The highest BCUT2D eigenvalue weighted by molar-refractivity contribution is 5.32. The summed E-state index contributed by atoms with van der Waals surface area (Å²) in [7, 11) is 1.00. The van der Waals surface area contributed by atoms with Gasteiger partial charge in [0.2, 0.25) is 0 Å². The highest BCUT2D eigenvalue weighted by atomic mass is 16.3. The van der Waals surface area contributed by atoms with Crippen LogP contribution < -0.4 is 0 Å². The Hall–Kier alpha value is -0.910. The molecule has 9 unspecified atom stereocenters. The van der Waals surface area contributed by atoms with E-state index in [4.69, 9.17) is 15.0 Å². The summed E-state index contributed by atoms with van der Waals surface area (Å²) in [6, 6.07) is 0. The molecule has 0 aromatic carbocycles. The Morgan fingerprint density at radius 1 is 0.971 bits per heavy atom. The van der Waals surface area contributed by atoms with Gasteiger partial charge in [0.1, 0.15) is 0 Å². The highest BCUT2D eigenvalue weighted by Crippen LogP contribution is 2.70. The zero-order valence-corrected chi connectivity index (χ0v) is 22.3. The molecule has 0 radical (unpaired) electrons. The Kier molecular flexibility index (Phi) is 8.32. The molecule has 5 aliphatic carbocycles. The topological polar surface area (TPSA) is 98.0 Å². The Morgan fingerprint density at radius 2 is 1.62 bits per heavy atom. The van der Waals surface area contributed by atoms with Gasteiger partial charge in [0.15, 0.2) is 0 Å². The van der Waals surface area contributed by atoms with Gasteiger partial charge in [-0.2, -0.15) is 0 Å². The van der Waals surface area contributed by atoms with Gasteiger partial charge in [0, 0.05) is 7.11 Å². The summed E-state index contributed by atoms with van der Waals surface area (Å²) in [4.78, 5) is 8.36. The van der Waals surface area contributed by atoms with Crippen LogP contribution in [0.2, 0.25) is 0 Å². The summed E-state index contributed by atoms with van der Waals surface area (Å²) >= 11 is 0. The highest BCUT2D eigenvalue weighted by Gasteiger charge is 2.63. The summed E-state index contributed by atoms with van der Waals surface area (Å²) < 4.78 is 0. The smallest absolute Gasteiger partial charge is 0.290 e. The van der Waals surface area contributed by atoms with Gasteiger partial charge >= 0.3 is 0 Å². The molecule has 4 N–H and O–H groups in total. The van der Waals surface area contributed by atoms with Gasteiger partial charge in [-0.25, -0.2) is 0 Å². The van der Waals surface area contributed by atoms with Gasteiger partial charge in [-0.3, -0.25) is 4.79 Å². The second-order valence-electron chi connectivity index (χ2n) is 13.0. The molecule has 34 heavy (non-hydrogen) atoms. The number of hydrogen-bond acceptors (Lipinski definition) is 4. The summed E-state index contributed by atoms with van der Waals surface area (Å²) in [5, 5.41) is 35.2. The first kappa shape index (κ1) is 27.7. The van der Waals surface area contributed by atoms with Crippen LogP contribution in [0.1, 0.15) is 92.4 Å². The van der Waals surface area contributed by atoms with Crippen molar-refractivity contribution >= 4 is 6.47 Å². The van der Waals surface area contributed by atoms with Crippen LogP contribution in [0.3, 0.4) is 0 Å². The zero-order chi connectivity index (χ0) is 25.5. The second kappa shape index (κ2) is 10.2. The van der Waals surface area contributed by atoms with Crippen molar-refractivity contribution in [3.63, 3.8) is 0 Å². The first-order valence-electron chi connectivity index (χ1n) is 13.6. The fourth-order valence-corrected chi connectivity index (χ4v) is 10.2. The van der Waals surface area contributed by atoms with Crippen LogP contribution in [0, 0.1) is 51.8 Å². The molecule has 0 heterocycles. The summed E-state index contributed by atoms with van der Waals surface area (Å²) in [6.07, 6.45) is 13.2. The van der Waals surface area contributed by atoms with Crippen molar-refractivity contribution in [2.45, 2.75) is 105 Å². The molecule has 196 valence electrons. The average Bonchev–Trinajstić information content (AvgIpc) is 2.78. The molecule has 0 aromatic rings. The van der Waals surface area contributed by atoms with E-state index < -0.39 is 12.2 Å². The molecule has 0 saturated heterocycles. The maximum absolute atomic E-state index is 10.7. The van der Waals surface area contributed by atoms with Crippen molar-refractivity contribution in [3.05, 3.63) is 11.6 Å². The molecule has 0 bridgehead atoms. The predicted molar refractivity (Wildman–Crippen MR) is 135 cm³/mol. The SMILES string of the molecule is CC1CCCC2(C)CCC3C(=CCC4C3(C)CC[C@H]3C(C)C(O)[C@H](O)CC43C)C12.CO.O=CO. The molecule has 4 saturated carbocycles. The van der Waals surface area contributed by atoms with E-state index in [9.17, 15) is 10.2 Å². The number of aliphatic hydroxyl groups excluding tert-OH is 3. The van der Waals surface area contributed by atoms with Gasteiger partial charge in [-0.15, -0.1) is 0 Å². The van der Waals surface area contributed by atoms with Crippen molar-refractivity contribution < 1.29 is 25.2 Å². The Morgan fingerprint density at radius 3 is 2.26 bits per heavy atom. The first-order valence-corrected chi connectivity index (χ1v) is 13.6. The lowest BCUT2D eigenvalue weighted by Gasteiger charge is -2.67. The van der Waals surface area contributed by atoms with Crippen LogP contribution in [0.15, 0.2) is 11.6 Å². The predicted octanol–water partition coefficient (Wildman–Crippen LogP) is 5.28. The lowest BCUT2D eigenvalue weighted by Crippen LogP contribution is -2.62. The third-order valence-electron chi connectivity index (χ3n) is 11.5. The third kappa shape index (κ3) is 4.18. The van der Waals surface area contributed by atoms with Crippen molar-refractivity contribution in [1.29, 1.82) is 0 Å². The fraction of sp³-hybridized carbons (Fsp3) is 0.897. The van der Waals surface area contributed by atoms with Gasteiger partial charge < -0.3 is 20.4 Å². The molecule has 5 heteroatoms. The van der Waals surface area contributed by atoms with Gasteiger partial charge in [-0.1, -0.05) is 59.1 Å². The average molecular weight is 479 g/mol. The minimum absolute atomic E-state index is 0.159. The van der Waals surface area contributed by atoms with E-state index in [1.807, 2.05) is 5.57 Å². The van der Waals surface area contributed by atoms with Crippen molar-refractivity contribution in [1.82, 2.24) is 0 Å². The van der Waals surface area contributed by atoms with Crippen LogP contribution >= 0.6 is 0 Å². The maximum atomic E-state index is 10.7. The standard InChI is InChI=1S/C27H44O2.CH2O2.CH4O/c1-16-7-6-12-25(3)13-10-20-18(23(16)25)8-9-22-26(20,4)14-11-19-17(2)24(29)21(28)15-27(19,22)5;2-1-3;1-2/h8,16-17,19-24,28-29H,6-7,9-15H2,1-5H3;1H,(H,2,3);2H,1H3/t16?,17?,19-,20?,21+,22?,23?,24?,25?,26?,27?;;/m0../s1. The summed E-state index contributed by atoms with van der Waals surface area (Å²) in [5.41, 5.74) is 2.90. The van der Waals surface area contributed by atoms with Crippen LogP contribution in [0.25, 0.3) is 0 Å². The Bertz CT molecular complexity index is 751. The van der Waals surface area contributed by atoms with E-state index >= 15 is 0 Å². The lowest BCUT2D eigenvalue weighted by atomic mass is 9.38. The molecule has 11 atom stereocenters. The van der Waals surface area contributed by atoms with Crippen LogP contribution in [-0.2, 0) is 4.79 Å². The third-order valence-corrected chi connectivity index (χ3v) is 11.5. The number of allylic oxidation sites excluding steroid dienone is 2. The van der Waals surface area contributed by atoms with E-state index in [-0.39, 0.29) is 17.8 Å². The molecule has 5 rings (SSSR count). The summed E-state index contributed by atoms with van der Waals surface area (Å²) in [6.45, 7) is 12.2. The molecule has 4 fully saturated rings. The Labute approximate surface area is 207 Å². The van der Waals surface area contributed by atoms with E-state index in [0.717, 1.165) is 31.3 Å². The van der Waals surface area contributed by atoms with Gasteiger partial charge in [0.25, 0.3) is 6.47 Å². The van der Waals surface area contributed by atoms with Crippen LogP contribution in [0.4, 0.5) is 0 Å². The zero-order valence-electron chi connectivity index (χ0n) is 22.3. The van der Waals surface area contributed by atoms with Gasteiger partial charge in [-0.05, 0) is 96.7 Å².